The molecular formula is C17H26N2O. The van der Waals surface area contributed by atoms with Crippen LogP contribution >= 0.6 is 0 Å². The van der Waals surface area contributed by atoms with E-state index < -0.39 is 0 Å². The van der Waals surface area contributed by atoms with Gasteiger partial charge in [0.2, 0.25) is 5.91 Å². The Morgan fingerprint density at radius 3 is 2.75 bits per heavy atom. The van der Waals surface area contributed by atoms with Gasteiger partial charge in [0.05, 0.1) is 6.04 Å². The fourth-order valence-corrected chi connectivity index (χ4v) is 2.79. The highest BCUT2D eigenvalue weighted by molar-refractivity contribution is 5.76. The zero-order chi connectivity index (χ0) is 14.4. The number of carbonyl (C=O) groups is 1. The lowest BCUT2D eigenvalue weighted by Gasteiger charge is -2.18. The second-order valence-electron chi connectivity index (χ2n) is 5.77. The summed E-state index contributed by atoms with van der Waals surface area (Å²) in [7, 11) is 0. The molecule has 0 saturated carbocycles. The third kappa shape index (κ3) is 4.34. The molecule has 1 amide bonds. The molecule has 1 aromatic carbocycles. The lowest BCUT2D eigenvalue weighted by molar-refractivity contribution is -0.122. The summed E-state index contributed by atoms with van der Waals surface area (Å²) >= 11 is 0. The highest BCUT2D eigenvalue weighted by Gasteiger charge is 2.17. The van der Waals surface area contributed by atoms with Crippen LogP contribution in [0.15, 0.2) is 24.3 Å². The maximum atomic E-state index is 12.1. The Labute approximate surface area is 122 Å². The van der Waals surface area contributed by atoms with E-state index in [-0.39, 0.29) is 11.9 Å². The van der Waals surface area contributed by atoms with Crippen molar-refractivity contribution in [3.63, 3.8) is 0 Å². The average molecular weight is 274 g/mol. The van der Waals surface area contributed by atoms with Gasteiger partial charge in [-0.25, -0.2) is 0 Å². The topological polar surface area (TPSA) is 41.1 Å². The molecule has 0 radical (unpaired) electrons. The van der Waals surface area contributed by atoms with Crippen molar-refractivity contribution in [1.82, 2.24) is 10.6 Å². The smallest absolute Gasteiger partial charge is 0.220 e. The van der Waals surface area contributed by atoms with Crippen molar-refractivity contribution in [3.05, 3.63) is 35.4 Å². The molecule has 0 aromatic heterocycles. The van der Waals surface area contributed by atoms with Crippen LogP contribution in [0.25, 0.3) is 0 Å². The van der Waals surface area contributed by atoms with Gasteiger partial charge in [0, 0.05) is 12.5 Å². The van der Waals surface area contributed by atoms with E-state index >= 15 is 0 Å². The molecule has 3 nitrogen and oxygen atoms in total. The number of benzene rings is 1. The van der Waals surface area contributed by atoms with E-state index in [9.17, 15) is 4.79 Å². The minimum Gasteiger partial charge on any atom is -0.349 e. The molecule has 2 rings (SSSR count). The zero-order valence-electron chi connectivity index (χ0n) is 12.6. The van der Waals surface area contributed by atoms with Crippen molar-refractivity contribution in [2.24, 2.45) is 0 Å². The van der Waals surface area contributed by atoms with Crippen molar-refractivity contribution in [3.8, 4) is 0 Å². The molecule has 1 heterocycles. The molecule has 3 heteroatoms. The van der Waals surface area contributed by atoms with E-state index in [0.29, 0.717) is 12.5 Å². The van der Waals surface area contributed by atoms with Gasteiger partial charge in [0.25, 0.3) is 0 Å². The maximum absolute atomic E-state index is 12.1. The minimum absolute atomic E-state index is 0.139. The quantitative estimate of drug-likeness (QED) is 0.837. The van der Waals surface area contributed by atoms with Gasteiger partial charge >= 0.3 is 0 Å². The summed E-state index contributed by atoms with van der Waals surface area (Å²) in [6.45, 7) is 5.30. The van der Waals surface area contributed by atoms with Crippen molar-refractivity contribution in [2.75, 3.05) is 6.54 Å². The van der Waals surface area contributed by atoms with Crippen LogP contribution in [-0.2, 0) is 4.79 Å². The lowest BCUT2D eigenvalue weighted by atomic mass is 10.0. The van der Waals surface area contributed by atoms with Gasteiger partial charge in [-0.2, -0.15) is 0 Å². The second-order valence-corrected chi connectivity index (χ2v) is 5.77. The average Bonchev–Trinajstić information content (AvgIpc) is 2.97. The largest absolute Gasteiger partial charge is 0.349 e. The number of aryl methyl sites for hydroxylation is 1. The molecule has 1 aliphatic rings. The maximum Gasteiger partial charge on any atom is 0.220 e. The predicted molar refractivity (Wildman–Crippen MR) is 82.6 cm³/mol. The standard InChI is InChI=1S/C17H26N2O/c1-3-16(14-8-6-13(2)7-9-14)19-17(20)11-10-15-5-4-12-18-15/h6-9,15-16,18H,3-5,10-12H2,1-2H3,(H,19,20). The number of rotatable bonds is 6. The van der Waals surface area contributed by atoms with Gasteiger partial charge in [-0.15, -0.1) is 0 Å². The molecule has 2 N–H and O–H groups in total. The van der Waals surface area contributed by atoms with E-state index in [1.807, 2.05) is 0 Å². The van der Waals surface area contributed by atoms with Crippen molar-refractivity contribution in [1.29, 1.82) is 0 Å². The first-order valence-electron chi connectivity index (χ1n) is 7.78. The van der Waals surface area contributed by atoms with Gasteiger partial charge < -0.3 is 10.6 Å². The van der Waals surface area contributed by atoms with Crippen molar-refractivity contribution in [2.45, 2.75) is 58.0 Å². The normalized spacial score (nSPS) is 19.8. The van der Waals surface area contributed by atoms with E-state index in [2.05, 4.69) is 48.7 Å². The molecule has 0 bridgehead atoms. The Morgan fingerprint density at radius 2 is 2.15 bits per heavy atom. The Hall–Kier alpha value is -1.35. The zero-order valence-corrected chi connectivity index (χ0v) is 12.6. The summed E-state index contributed by atoms with van der Waals surface area (Å²) in [5.74, 6) is 0.172. The van der Waals surface area contributed by atoms with Crippen LogP contribution in [0, 0.1) is 6.92 Å². The summed E-state index contributed by atoms with van der Waals surface area (Å²) < 4.78 is 0. The van der Waals surface area contributed by atoms with E-state index in [4.69, 9.17) is 0 Å². The third-order valence-electron chi connectivity index (χ3n) is 4.11. The Balaban J connectivity index is 1.82. The van der Waals surface area contributed by atoms with Crippen LogP contribution in [0.2, 0.25) is 0 Å². The molecule has 2 unspecified atom stereocenters. The molecule has 110 valence electrons. The van der Waals surface area contributed by atoms with Crippen molar-refractivity contribution < 1.29 is 4.79 Å². The highest BCUT2D eigenvalue weighted by Crippen LogP contribution is 2.18. The Morgan fingerprint density at radius 1 is 1.40 bits per heavy atom. The molecule has 1 aromatic rings. The van der Waals surface area contributed by atoms with Gasteiger partial charge in [-0.3, -0.25) is 4.79 Å². The summed E-state index contributed by atoms with van der Waals surface area (Å²) in [6.07, 6.45) is 4.96. The molecule has 2 atom stereocenters. The third-order valence-corrected chi connectivity index (χ3v) is 4.11. The molecule has 1 saturated heterocycles. The molecule has 1 fully saturated rings. The predicted octanol–water partition coefficient (Wildman–Crippen LogP) is 3.09. The fraction of sp³-hybridized carbons (Fsp3) is 0.588. The van der Waals surface area contributed by atoms with E-state index in [0.717, 1.165) is 19.4 Å². The van der Waals surface area contributed by atoms with Crippen LogP contribution in [0.3, 0.4) is 0 Å². The highest BCUT2D eigenvalue weighted by atomic mass is 16.1. The summed E-state index contributed by atoms with van der Waals surface area (Å²) in [6, 6.07) is 9.11. The number of hydrogen-bond donors (Lipinski definition) is 2. The SMILES string of the molecule is CCC(NC(=O)CCC1CCCN1)c1ccc(C)cc1. The molecule has 0 aliphatic carbocycles. The van der Waals surface area contributed by atoms with E-state index in [1.54, 1.807) is 0 Å². The fourth-order valence-electron chi connectivity index (χ4n) is 2.79. The monoisotopic (exact) mass is 274 g/mol. The summed E-state index contributed by atoms with van der Waals surface area (Å²) in [5.41, 5.74) is 2.45. The molecule has 0 spiro atoms. The lowest BCUT2D eigenvalue weighted by Crippen LogP contribution is -2.30. The number of hydrogen-bond acceptors (Lipinski definition) is 2. The Bertz CT molecular complexity index is 421. The number of carbonyl (C=O) groups excluding carboxylic acids is 1. The first kappa shape index (κ1) is 15.0. The number of nitrogens with one attached hydrogen (secondary N) is 2. The van der Waals surface area contributed by atoms with Gasteiger partial charge in [0.15, 0.2) is 0 Å². The van der Waals surface area contributed by atoms with Crippen LogP contribution in [0.5, 0.6) is 0 Å². The first-order chi connectivity index (χ1) is 9.69. The van der Waals surface area contributed by atoms with Crippen molar-refractivity contribution >= 4 is 5.91 Å². The van der Waals surface area contributed by atoms with Crippen LogP contribution < -0.4 is 10.6 Å². The molecule has 1 aliphatic heterocycles. The summed E-state index contributed by atoms with van der Waals surface area (Å²) in [4.78, 5) is 12.1. The van der Waals surface area contributed by atoms with Gasteiger partial charge in [0.1, 0.15) is 0 Å². The van der Waals surface area contributed by atoms with Gasteiger partial charge in [-0.1, -0.05) is 36.8 Å². The van der Waals surface area contributed by atoms with Crippen LogP contribution in [-0.4, -0.2) is 18.5 Å². The minimum atomic E-state index is 0.139. The second kappa shape index (κ2) is 7.44. The van der Waals surface area contributed by atoms with Crippen LogP contribution in [0.1, 0.15) is 56.2 Å². The molecular weight excluding hydrogens is 248 g/mol. The van der Waals surface area contributed by atoms with Crippen LogP contribution in [0.4, 0.5) is 0 Å². The first-order valence-corrected chi connectivity index (χ1v) is 7.78. The summed E-state index contributed by atoms with van der Waals surface area (Å²) in [5, 5.41) is 6.60. The molecule has 20 heavy (non-hydrogen) atoms. The number of amides is 1. The van der Waals surface area contributed by atoms with Gasteiger partial charge in [-0.05, 0) is 44.7 Å². The Kier molecular flexibility index (Phi) is 5.60. The van der Waals surface area contributed by atoms with E-state index in [1.165, 1.54) is 24.0 Å².